The average molecular weight is 308 g/mol. The van der Waals surface area contributed by atoms with E-state index < -0.39 is 0 Å². The maximum Gasteiger partial charge on any atom is 0.274 e. The second-order valence-electron chi connectivity index (χ2n) is 5.27. The highest BCUT2D eigenvalue weighted by molar-refractivity contribution is 5.55. The molecule has 3 aromatic rings. The van der Waals surface area contributed by atoms with Gasteiger partial charge >= 0.3 is 0 Å². The lowest BCUT2D eigenvalue weighted by atomic mass is 10.1. The molecule has 0 atom stereocenters. The van der Waals surface area contributed by atoms with Crippen molar-refractivity contribution in [1.82, 2.24) is 9.78 Å². The van der Waals surface area contributed by atoms with Crippen LogP contribution in [-0.4, -0.2) is 20.0 Å². The molecule has 0 saturated carbocycles. The third-order valence-electron chi connectivity index (χ3n) is 3.56. The lowest BCUT2D eigenvalue weighted by Crippen LogP contribution is -2.34. The molecule has 3 N–H and O–H groups in total. The standard InChI is InChI=1S/C18H16N2O3/c1-12-15(9-14-7-8-16(21)17(22)10-14)18(23)20(19-12)11-13-5-3-2-4-6-13/h2-10,19,21-22H,1,11H2. The van der Waals surface area contributed by atoms with Crippen LogP contribution in [0, 0.1) is 0 Å². The first-order valence-electron chi connectivity index (χ1n) is 7.10. The number of aromatic nitrogens is 2. The van der Waals surface area contributed by atoms with Gasteiger partial charge in [0.05, 0.1) is 17.1 Å². The van der Waals surface area contributed by atoms with Crippen LogP contribution in [0.5, 0.6) is 11.5 Å². The molecule has 5 heteroatoms. The van der Waals surface area contributed by atoms with E-state index in [-0.39, 0.29) is 17.1 Å². The summed E-state index contributed by atoms with van der Waals surface area (Å²) in [5.41, 5.74) is 1.42. The van der Waals surface area contributed by atoms with Crippen LogP contribution in [0.4, 0.5) is 0 Å². The van der Waals surface area contributed by atoms with Crippen molar-refractivity contribution in [3.63, 3.8) is 0 Å². The molecule has 1 heterocycles. The van der Waals surface area contributed by atoms with Gasteiger partial charge in [-0.25, -0.2) is 4.68 Å². The van der Waals surface area contributed by atoms with Gasteiger partial charge in [0.2, 0.25) is 0 Å². The first-order chi connectivity index (χ1) is 11.0. The van der Waals surface area contributed by atoms with Crippen LogP contribution in [-0.2, 0) is 6.54 Å². The molecule has 3 rings (SSSR count). The van der Waals surface area contributed by atoms with E-state index in [4.69, 9.17) is 0 Å². The van der Waals surface area contributed by atoms with E-state index in [1.807, 2.05) is 30.3 Å². The van der Waals surface area contributed by atoms with Gasteiger partial charge < -0.3 is 10.2 Å². The molecule has 0 radical (unpaired) electrons. The van der Waals surface area contributed by atoms with E-state index in [1.165, 1.54) is 16.8 Å². The number of phenolic OH excluding ortho intramolecular Hbond substituents is 2. The monoisotopic (exact) mass is 308 g/mol. The number of hydrogen-bond acceptors (Lipinski definition) is 3. The molecule has 0 aliphatic carbocycles. The fourth-order valence-corrected chi connectivity index (χ4v) is 2.37. The highest BCUT2D eigenvalue weighted by Crippen LogP contribution is 2.24. The molecule has 1 aromatic heterocycles. The summed E-state index contributed by atoms with van der Waals surface area (Å²) in [6, 6.07) is 14.0. The van der Waals surface area contributed by atoms with Crippen molar-refractivity contribution in [2.24, 2.45) is 0 Å². The zero-order valence-corrected chi connectivity index (χ0v) is 12.4. The summed E-state index contributed by atoms with van der Waals surface area (Å²) in [5.74, 6) is -0.433. The van der Waals surface area contributed by atoms with Gasteiger partial charge in [-0.3, -0.25) is 9.89 Å². The first-order valence-corrected chi connectivity index (χ1v) is 7.10. The van der Waals surface area contributed by atoms with Crippen molar-refractivity contribution in [3.8, 4) is 11.5 Å². The van der Waals surface area contributed by atoms with E-state index >= 15 is 0 Å². The molecule has 0 bridgehead atoms. The molecule has 0 aliphatic heterocycles. The van der Waals surface area contributed by atoms with Gasteiger partial charge in [0, 0.05) is 0 Å². The molecule has 0 amide bonds. The van der Waals surface area contributed by atoms with Gasteiger partial charge in [-0.1, -0.05) is 43.0 Å². The molecule has 5 nitrogen and oxygen atoms in total. The number of H-pyrrole nitrogens is 1. The van der Waals surface area contributed by atoms with Gasteiger partial charge in [0.1, 0.15) is 0 Å². The highest BCUT2D eigenvalue weighted by atomic mass is 16.3. The van der Waals surface area contributed by atoms with Crippen LogP contribution in [0.15, 0.2) is 53.3 Å². The van der Waals surface area contributed by atoms with Crippen LogP contribution in [0.25, 0.3) is 12.7 Å². The molecule has 0 saturated heterocycles. The molecule has 116 valence electrons. The van der Waals surface area contributed by atoms with E-state index in [2.05, 4.69) is 11.7 Å². The highest BCUT2D eigenvalue weighted by Gasteiger charge is 2.04. The van der Waals surface area contributed by atoms with Crippen LogP contribution in [0.2, 0.25) is 0 Å². The summed E-state index contributed by atoms with van der Waals surface area (Å²) in [6.45, 7) is 4.29. The Morgan fingerprint density at radius 2 is 1.83 bits per heavy atom. The number of benzene rings is 2. The van der Waals surface area contributed by atoms with Crippen LogP contribution < -0.4 is 16.1 Å². The lowest BCUT2D eigenvalue weighted by molar-refractivity contribution is 0.403. The SMILES string of the molecule is C=c1[nH]n(Cc2ccccc2)c(=O)c1=Cc1ccc(O)c(O)c1. The average Bonchev–Trinajstić information content (AvgIpc) is 2.79. The number of hydrogen-bond donors (Lipinski definition) is 3. The Labute approximate surface area is 132 Å². The Kier molecular flexibility index (Phi) is 3.76. The Hall–Kier alpha value is -3.21. The minimum atomic E-state index is -0.232. The summed E-state index contributed by atoms with van der Waals surface area (Å²) in [7, 11) is 0. The summed E-state index contributed by atoms with van der Waals surface area (Å²) < 4.78 is 1.49. The zero-order valence-electron chi connectivity index (χ0n) is 12.4. The fraction of sp³-hybridized carbons (Fsp3) is 0.0556. The molecule has 23 heavy (non-hydrogen) atoms. The first kappa shape index (κ1) is 14.7. The molecule has 0 unspecified atom stereocenters. The minimum absolute atomic E-state index is 0.189. The quantitative estimate of drug-likeness (QED) is 0.628. The van der Waals surface area contributed by atoms with Crippen LogP contribution in [0.3, 0.4) is 0 Å². The van der Waals surface area contributed by atoms with Crippen molar-refractivity contribution >= 4 is 12.7 Å². The second kappa shape index (κ2) is 5.88. The van der Waals surface area contributed by atoms with Gasteiger partial charge in [0.15, 0.2) is 11.5 Å². The van der Waals surface area contributed by atoms with Crippen molar-refractivity contribution in [2.75, 3.05) is 0 Å². The van der Waals surface area contributed by atoms with Gasteiger partial charge in [-0.15, -0.1) is 0 Å². The Balaban J connectivity index is 2.04. The molecule has 0 fully saturated rings. The normalized spacial score (nSPS) is 11.7. The van der Waals surface area contributed by atoms with E-state index in [0.717, 1.165) is 5.56 Å². The van der Waals surface area contributed by atoms with E-state index in [9.17, 15) is 15.0 Å². The summed E-state index contributed by atoms with van der Waals surface area (Å²) >= 11 is 0. The van der Waals surface area contributed by atoms with Crippen molar-refractivity contribution in [3.05, 3.63) is 80.6 Å². The maximum absolute atomic E-state index is 12.5. The van der Waals surface area contributed by atoms with Crippen LogP contribution >= 0.6 is 0 Å². The number of aromatic hydroxyl groups is 2. The molecular formula is C18H16N2O3. The molecule has 0 aliphatic rings. The number of nitrogens with one attached hydrogen (secondary N) is 1. The third kappa shape index (κ3) is 3.03. The Morgan fingerprint density at radius 1 is 1.09 bits per heavy atom. The number of rotatable bonds is 3. The van der Waals surface area contributed by atoms with Crippen molar-refractivity contribution in [1.29, 1.82) is 0 Å². The summed E-state index contributed by atoms with van der Waals surface area (Å²) in [5, 5.41) is 22.8. The Bertz CT molecular complexity index is 1000. The lowest BCUT2D eigenvalue weighted by Gasteiger charge is -2.00. The van der Waals surface area contributed by atoms with Crippen LogP contribution in [0.1, 0.15) is 11.1 Å². The number of nitrogens with zero attached hydrogens (tertiary/aromatic N) is 1. The fourth-order valence-electron chi connectivity index (χ4n) is 2.37. The van der Waals surface area contributed by atoms with Crippen molar-refractivity contribution in [2.45, 2.75) is 6.54 Å². The predicted molar refractivity (Wildman–Crippen MR) is 88.7 cm³/mol. The minimum Gasteiger partial charge on any atom is -0.504 e. The number of phenols is 2. The maximum atomic E-state index is 12.5. The molecule has 2 aromatic carbocycles. The van der Waals surface area contributed by atoms with E-state index in [1.54, 1.807) is 12.1 Å². The summed E-state index contributed by atoms with van der Waals surface area (Å²) in [6.07, 6.45) is 1.63. The molecule has 0 spiro atoms. The van der Waals surface area contributed by atoms with E-state index in [0.29, 0.717) is 22.7 Å². The zero-order chi connectivity index (χ0) is 16.4. The smallest absolute Gasteiger partial charge is 0.274 e. The third-order valence-corrected chi connectivity index (χ3v) is 3.56. The number of aromatic amines is 1. The largest absolute Gasteiger partial charge is 0.504 e. The molecular weight excluding hydrogens is 292 g/mol. The topological polar surface area (TPSA) is 78.2 Å². The van der Waals surface area contributed by atoms with Gasteiger partial charge in [-0.2, -0.15) is 0 Å². The van der Waals surface area contributed by atoms with Gasteiger partial charge in [-0.05, 0) is 29.3 Å². The predicted octanol–water partition coefficient (Wildman–Crippen LogP) is 0.875. The van der Waals surface area contributed by atoms with Gasteiger partial charge in [0.25, 0.3) is 5.56 Å². The Morgan fingerprint density at radius 3 is 2.52 bits per heavy atom. The summed E-state index contributed by atoms with van der Waals surface area (Å²) in [4.78, 5) is 12.5. The van der Waals surface area contributed by atoms with Crippen molar-refractivity contribution < 1.29 is 10.2 Å². The second-order valence-corrected chi connectivity index (χ2v) is 5.27.